The van der Waals surface area contributed by atoms with Gasteiger partial charge in [0, 0.05) is 4.47 Å². The molecule has 0 fully saturated rings. The number of nitrogens with zero attached hydrogens (tertiary/aromatic N) is 5. The highest BCUT2D eigenvalue weighted by atomic mass is 79.9. The van der Waals surface area contributed by atoms with Crippen molar-refractivity contribution in [1.82, 2.24) is 20.2 Å². The van der Waals surface area contributed by atoms with Crippen LogP contribution < -0.4 is 0 Å². The minimum absolute atomic E-state index is 0.330. The van der Waals surface area contributed by atoms with Crippen molar-refractivity contribution in [3.63, 3.8) is 0 Å². The van der Waals surface area contributed by atoms with Gasteiger partial charge in [0.05, 0.1) is 17.5 Å². The normalized spacial score (nSPS) is 10.0. The molecule has 0 saturated heterocycles. The van der Waals surface area contributed by atoms with Gasteiger partial charge in [-0.1, -0.05) is 27.7 Å². The number of benzene rings is 1. The molecule has 0 aliphatic carbocycles. The third kappa shape index (κ3) is 2.40. The minimum Gasteiger partial charge on any atom is -0.197 e. The Morgan fingerprint density at radius 1 is 1.38 bits per heavy atom. The lowest BCUT2D eigenvalue weighted by atomic mass is 10.3. The highest BCUT2D eigenvalue weighted by molar-refractivity contribution is 9.10. The molecule has 0 atom stereocenters. The van der Waals surface area contributed by atoms with Crippen molar-refractivity contribution in [2.24, 2.45) is 0 Å². The average molecular weight is 296 g/mol. The van der Waals surface area contributed by atoms with E-state index in [4.69, 9.17) is 5.26 Å². The number of thioether (sulfide) groups is 1. The maximum Gasteiger partial charge on any atom is 0.215 e. The van der Waals surface area contributed by atoms with E-state index in [1.165, 1.54) is 11.8 Å². The number of tetrazole rings is 1. The Bertz CT molecular complexity index is 515. The van der Waals surface area contributed by atoms with Gasteiger partial charge in [-0.25, -0.2) is 0 Å². The predicted molar refractivity (Wildman–Crippen MR) is 63.2 cm³/mol. The van der Waals surface area contributed by atoms with E-state index in [1.807, 2.05) is 30.3 Å². The van der Waals surface area contributed by atoms with E-state index in [1.54, 1.807) is 4.68 Å². The standard InChI is InChI=1S/C9H6BrN5S/c10-7-1-3-8(4-2-7)15-9(12-13-14-15)16-6-5-11/h1-4H,6H2. The third-order valence-electron chi connectivity index (χ3n) is 1.78. The van der Waals surface area contributed by atoms with Gasteiger partial charge in [0.25, 0.3) is 0 Å². The molecule has 0 aliphatic rings. The second kappa shape index (κ2) is 5.09. The van der Waals surface area contributed by atoms with Crippen LogP contribution in [-0.2, 0) is 0 Å². The van der Waals surface area contributed by atoms with E-state index >= 15 is 0 Å². The molecule has 80 valence electrons. The Kier molecular flexibility index (Phi) is 3.54. The van der Waals surface area contributed by atoms with E-state index in [2.05, 4.69) is 31.5 Å². The molecule has 0 radical (unpaired) electrons. The first-order chi connectivity index (χ1) is 7.81. The Morgan fingerprint density at radius 2 is 2.12 bits per heavy atom. The van der Waals surface area contributed by atoms with Crippen LogP contribution in [0.25, 0.3) is 5.69 Å². The molecule has 5 nitrogen and oxygen atoms in total. The first-order valence-corrected chi connectivity index (χ1v) is 6.13. The monoisotopic (exact) mass is 295 g/mol. The summed E-state index contributed by atoms with van der Waals surface area (Å²) in [5.41, 5.74) is 0.869. The summed E-state index contributed by atoms with van der Waals surface area (Å²) in [6, 6.07) is 9.66. The van der Waals surface area contributed by atoms with Gasteiger partial charge in [0.15, 0.2) is 0 Å². The zero-order chi connectivity index (χ0) is 11.4. The molecule has 0 amide bonds. The maximum absolute atomic E-state index is 8.51. The molecular weight excluding hydrogens is 290 g/mol. The molecule has 16 heavy (non-hydrogen) atoms. The van der Waals surface area contributed by atoms with Gasteiger partial charge in [-0.05, 0) is 34.7 Å². The van der Waals surface area contributed by atoms with Crippen LogP contribution in [0.1, 0.15) is 0 Å². The summed E-state index contributed by atoms with van der Waals surface area (Å²) in [6.07, 6.45) is 0. The quantitative estimate of drug-likeness (QED) is 0.811. The Morgan fingerprint density at radius 3 is 2.81 bits per heavy atom. The van der Waals surface area contributed by atoms with Gasteiger partial charge in [0.1, 0.15) is 0 Å². The van der Waals surface area contributed by atoms with Gasteiger partial charge in [-0.15, -0.1) is 5.10 Å². The van der Waals surface area contributed by atoms with Crippen LogP contribution in [0.15, 0.2) is 33.9 Å². The van der Waals surface area contributed by atoms with E-state index in [-0.39, 0.29) is 0 Å². The van der Waals surface area contributed by atoms with Gasteiger partial charge in [-0.3, -0.25) is 0 Å². The van der Waals surface area contributed by atoms with Crippen LogP contribution in [0.4, 0.5) is 0 Å². The van der Waals surface area contributed by atoms with Crippen LogP contribution in [-0.4, -0.2) is 26.0 Å². The van der Waals surface area contributed by atoms with Crippen LogP contribution >= 0.6 is 27.7 Å². The smallest absolute Gasteiger partial charge is 0.197 e. The Labute approximate surface area is 105 Å². The zero-order valence-corrected chi connectivity index (χ0v) is 10.4. The zero-order valence-electron chi connectivity index (χ0n) is 8.04. The van der Waals surface area contributed by atoms with E-state index < -0.39 is 0 Å². The van der Waals surface area contributed by atoms with E-state index in [0.717, 1.165) is 10.2 Å². The lowest BCUT2D eigenvalue weighted by Gasteiger charge is -2.02. The number of hydrogen-bond donors (Lipinski definition) is 0. The fraction of sp³-hybridized carbons (Fsp3) is 0.111. The fourth-order valence-corrected chi connectivity index (χ4v) is 1.93. The molecule has 7 heteroatoms. The number of aromatic nitrogens is 4. The summed E-state index contributed by atoms with van der Waals surface area (Å²) in [5, 5.41) is 20.5. The van der Waals surface area contributed by atoms with Gasteiger partial charge in [-0.2, -0.15) is 9.94 Å². The molecule has 0 spiro atoms. The predicted octanol–water partition coefficient (Wildman–Crippen LogP) is 2.04. The third-order valence-corrected chi connectivity index (χ3v) is 3.09. The summed E-state index contributed by atoms with van der Waals surface area (Å²) < 4.78 is 2.60. The molecule has 0 unspecified atom stereocenters. The average Bonchev–Trinajstić information content (AvgIpc) is 2.75. The highest BCUT2D eigenvalue weighted by Gasteiger charge is 2.07. The molecule has 1 aromatic heterocycles. The molecule has 0 bridgehead atoms. The first kappa shape index (κ1) is 11.1. The van der Waals surface area contributed by atoms with Crippen molar-refractivity contribution in [3.8, 4) is 11.8 Å². The van der Waals surface area contributed by atoms with Crippen LogP contribution in [0.2, 0.25) is 0 Å². The second-order valence-corrected chi connectivity index (χ2v) is 4.65. The van der Waals surface area contributed by atoms with Crippen molar-refractivity contribution in [2.75, 3.05) is 5.75 Å². The fourth-order valence-electron chi connectivity index (χ4n) is 1.11. The van der Waals surface area contributed by atoms with E-state index in [0.29, 0.717) is 10.9 Å². The second-order valence-electron chi connectivity index (χ2n) is 2.80. The number of nitriles is 1. The van der Waals surface area contributed by atoms with Gasteiger partial charge < -0.3 is 0 Å². The van der Waals surface area contributed by atoms with Crippen molar-refractivity contribution in [3.05, 3.63) is 28.7 Å². The molecule has 1 heterocycles. The maximum atomic E-state index is 8.51. The number of halogens is 1. The van der Waals surface area contributed by atoms with Gasteiger partial charge >= 0.3 is 0 Å². The van der Waals surface area contributed by atoms with Crippen LogP contribution in [0.5, 0.6) is 0 Å². The van der Waals surface area contributed by atoms with Crippen molar-refractivity contribution in [1.29, 1.82) is 5.26 Å². The highest BCUT2D eigenvalue weighted by Crippen LogP contribution is 2.19. The van der Waals surface area contributed by atoms with E-state index in [9.17, 15) is 0 Å². The SMILES string of the molecule is N#CCSc1nnnn1-c1ccc(Br)cc1. The molecule has 0 N–H and O–H groups in total. The Balaban J connectivity index is 2.30. The summed E-state index contributed by atoms with van der Waals surface area (Å²) in [6.45, 7) is 0. The minimum atomic E-state index is 0.330. The number of hydrogen-bond acceptors (Lipinski definition) is 5. The summed E-state index contributed by atoms with van der Waals surface area (Å²) in [5.74, 6) is 0.330. The molecule has 1 aromatic carbocycles. The number of rotatable bonds is 3. The summed E-state index contributed by atoms with van der Waals surface area (Å²) in [4.78, 5) is 0. The molecular formula is C9H6BrN5S. The Hall–Kier alpha value is -1.39. The van der Waals surface area contributed by atoms with Crippen LogP contribution in [0.3, 0.4) is 0 Å². The lowest BCUT2D eigenvalue weighted by Crippen LogP contribution is -1.98. The molecule has 0 aliphatic heterocycles. The van der Waals surface area contributed by atoms with Crippen molar-refractivity contribution < 1.29 is 0 Å². The largest absolute Gasteiger partial charge is 0.215 e. The first-order valence-electron chi connectivity index (χ1n) is 4.35. The van der Waals surface area contributed by atoms with Crippen molar-refractivity contribution >= 4 is 27.7 Å². The van der Waals surface area contributed by atoms with Gasteiger partial charge in [0.2, 0.25) is 5.16 Å². The molecule has 2 rings (SSSR count). The van der Waals surface area contributed by atoms with Crippen LogP contribution in [0, 0.1) is 11.3 Å². The molecule has 2 aromatic rings. The summed E-state index contributed by atoms with van der Waals surface area (Å²) in [7, 11) is 0. The lowest BCUT2D eigenvalue weighted by molar-refractivity contribution is 0.756. The topological polar surface area (TPSA) is 67.4 Å². The van der Waals surface area contributed by atoms with Crippen molar-refractivity contribution in [2.45, 2.75) is 5.16 Å². The molecule has 0 saturated carbocycles. The summed E-state index contributed by atoms with van der Waals surface area (Å²) >= 11 is 4.67.